The third-order valence-electron chi connectivity index (χ3n) is 5.17. The zero-order chi connectivity index (χ0) is 22.4. The molecule has 0 spiro atoms. The molecule has 2 heterocycles. The van der Waals surface area contributed by atoms with Crippen molar-refractivity contribution in [3.63, 3.8) is 0 Å². The molecule has 1 fully saturated rings. The van der Waals surface area contributed by atoms with E-state index in [1.807, 2.05) is 13.8 Å². The number of ether oxygens (including phenoxy) is 2. The Morgan fingerprint density at radius 1 is 1.10 bits per heavy atom. The molecular formula is C24H29NO6. The van der Waals surface area contributed by atoms with Crippen LogP contribution >= 0.6 is 0 Å². The SMILES string of the molecule is CCCCCN1C(=O)C(=O)/C(=C(\O)c2ccc(OCC)cc2OCC)C1c1ccco1. The molecule has 1 amide bonds. The summed E-state index contributed by atoms with van der Waals surface area (Å²) in [5, 5.41) is 11.2. The molecule has 31 heavy (non-hydrogen) atoms. The van der Waals surface area contributed by atoms with Crippen molar-refractivity contribution in [2.75, 3.05) is 19.8 Å². The first-order valence-corrected chi connectivity index (χ1v) is 10.7. The number of nitrogens with zero attached hydrogens (tertiary/aromatic N) is 1. The van der Waals surface area contributed by atoms with Crippen LogP contribution in [0.25, 0.3) is 5.76 Å². The first kappa shape index (κ1) is 22.5. The van der Waals surface area contributed by atoms with E-state index >= 15 is 0 Å². The molecule has 1 aromatic carbocycles. The van der Waals surface area contributed by atoms with Crippen molar-refractivity contribution in [1.29, 1.82) is 0 Å². The van der Waals surface area contributed by atoms with E-state index in [-0.39, 0.29) is 11.3 Å². The molecule has 1 atom stereocenters. The average molecular weight is 427 g/mol. The van der Waals surface area contributed by atoms with Crippen molar-refractivity contribution >= 4 is 17.4 Å². The lowest BCUT2D eigenvalue weighted by Gasteiger charge is -2.23. The zero-order valence-electron chi connectivity index (χ0n) is 18.2. The van der Waals surface area contributed by atoms with Crippen LogP contribution in [0, 0.1) is 0 Å². The summed E-state index contributed by atoms with van der Waals surface area (Å²) in [6.45, 7) is 7.02. The van der Waals surface area contributed by atoms with Gasteiger partial charge in [0.1, 0.15) is 29.1 Å². The van der Waals surface area contributed by atoms with E-state index in [0.29, 0.717) is 42.6 Å². The predicted octanol–water partition coefficient (Wildman–Crippen LogP) is 4.69. The third kappa shape index (κ3) is 4.60. The highest BCUT2D eigenvalue weighted by Gasteiger charge is 2.47. The summed E-state index contributed by atoms with van der Waals surface area (Å²) in [6.07, 6.45) is 4.17. The Morgan fingerprint density at radius 2 is 1.87 bits per heavy atom. The average Bonchev–Trinajstić information content (AvgIpc) is 3.37. The maximum Gasteiger partial charge on any atom is 0.295 e. The minimum Gasteiger partial charge on any atom is -0.507 e. The zero-order valence-corrected chi connectivity index (χ0v) is 18.2. The summed E-state index contributed by atoms with van der Waals surface area (Å²) >= 11 is 0. The number of furan rings is 1. The van der Waals surface area contributed by atoms with Gasteiger partial charge in [-0.15, -0.1) is 0 Å². The quantitative estimate of drug-likeness (QED) is 0.256. The van der Waals surface area contributed by atoms with Gasteiger partial charge in [0.15, 0.2) is 0 Å². The minimum absolute atomic E-state index is 0.00145. The van der Waals surface area contributed by atoms with Crippen molar-refractivity contribution in [3.8, 4) is 11.5 Å². The normalized spacial score (nSPS) is 17.9. The Hall–Kier alpha value is -3.22. The molecule has 2 aromatic rings. The molecule has 7 heteroatoms. The lowest BCUT2D eigenvalue weighted by atomic mass is 9.98. The van der Waals surface area contributed by atoms with E-state index in [9.17, 15) is 14.7 Å². The topological polar surface area (TPSA) is 89.2 Å². The minimum atomic E-state index is -0.784. The molecule has 166 valence electrons. The van der Waals surface area contributed by atoms with Crippen LogP contribution in [0.4, 0.5) is 0 Å². The molecule has 0 radical (unpaired) electrons. The highest BCUT2D eigenvalue weighted by molar-refractivity contribution is 6.46. The summed E-state index contributed by atoms with van der Waals surface area (Å²) in [5.74, 6) is -0.258. The number of unbranched alkanes of at least 4 members (excludes halogenated alkanes) is 2. The highest BCUT2D eigenvalue weighted by Crippen LogP contribution is 2.41. The number of hydrogen-bond donors (Lipinski definition) is 1. The number of likely N-dealkylation sites (tertiary alicyclic amines) is 1. The first-order valence-electron chi connectivity index (χ1n) is 10.7. The summed E-state index contributed by atoms with van der Waals surface area (Å²) in [7, 11) is 0. The number of carbonyl (C=O) groups is 2. The second-order valence-electron chi connectivity index (χ2n) is 7.24. The van der Waals surface area contributed by atoms with Gasteiger partial charge in [0.2, 0.25) is 0 Å². The fraction of sp³-hybridized carbons (Fsp3) is 0.417. The Bertz CT molecular complexity index is 947. The molecule has 0 saturated carbocycles. The molecule has 3 rings (SSSR count). The molecule has 0 bridgehead atoms. The van der Waals surface area contributed by atoms with Crippen LogP contribution in [0.15, 0.2) is 46.6 Å². The lowest BCUT2D eigenvalue weighted by molar-refractivity contribution is -0.140. The van der Waals surface area contributed by atoms with Crippen LogP contribution in [-0.4, -0.2) is 41.5 Å². The van der Waals surface area contributed by atoms with Crippen molar-refractivity contribution in [2.24, 2.45) is 0 Å². The standard InChI is InChI=1S/C24H29NO6/c1-4-7-8-13-25-21(18-10-9-14-31-18)20(23(27)24(25)28)22(26)17-12-11-16(29-5-2)15-19(17)30-6-3/h9-12,14-15,21,26H,4-8,13H2,1-3H3/b22-20-. The number of ketones is 1. The summed E-state index contributed by atoms with van der Waals surface area (Å²) in [5.41, 5.74) is 0.329. The molecule has 1 unspecified atom stereocenters. The number of amides is 1. The Labute approximate surface area is 182 Å². The van der Waals surface area contributed by atoms with E-state index < -0.39 is 17.7 Å². The van der Waals surface area contributed by atoms with Crippen molar-refractivity contribution in [2.45, 2.75) is 46.1 Å². The van der Waals surface area contributed by atoms with Crippen LogP contribution in [0.3, 0.4) is 0 Å². The molecule has 1 saturated heterocycles. The van der Waals surface area contributed by atoms with Crippen LogP contribution in [0.2, 0.25) is 0 Å². The van der Waals surface area contributed by atoms with Gasteiger partial charge in [-0.1, -0.05) is 19.8 Å². The number of Topliss-reactive ketones (excluding diaryl/α,β-unsaturated/α-hetero) is 1. The highest BCUT2D eigenvalue weighted by atomic mass is 16.5. The fourth-order valence-corrected chi connectivity index (χ4v) is 3.76. The van der Waals surface area contributed by atoms with E-state index in [4.69, 9.17) is 13.9 Å². The molecule has 1 aliphatic heterocycles. The molecule has 1 aromatic heterocycles. The maximum absolute atomic E-state index is 13.0. The molecule has 7 nitrogen and oxygen atoms in total. The second-order valence-corrected chi connectivity index (χ2v) is 7.24. The molecule has 1 aliphatic rings. The number of carbonyl (C=O) groups excluding carboxylic acids is 2. The van der Waals surface area contributed by atoms with Crippen LogP contribution in [-0.2, 0) is 9.59 Å². The monoisotopic (exact) mass is 427 g/mol. The van der Waals surface area contributed by atoms with E-state index in [0.717, 1.165) is 19.3 Å². The second kappa shape index (κ2) is 10.2. The van der Waals surface area contributed by atoms with Crippen LogP contribution < -0.4 is 9.47 Å². The number of aliphatic hydroxyl groups excluding tert-OH is 1. The van der Waals surface area contributed by atoms with Gasteiger partial charge >= 0.3 is 0 Å². The van der Waals surface area contributed by atoms with Crippen LogP contribution in [0.1, 0.15) is 57.4 Å². The van der Waals surface area contributed by atoms with Gasteiger partial charge in [0.05, 0.1) is 30.6 Å². The van der Waals surface area contributed by atoms with Gasteiger partial charge in [-0.3, -0.25) is 9.59 Å². The van der Waals surface area contributed by atoms with E-state index in [1.54, 1.807) is 30.3 Å². The number of aliphatic hydroxyl groups is 1. The van der Waals surface area contributed by atoms with Gasteiger partial charge in [-0.05, 0) is 44.5 Å². The van der Waals surface area contributed by atoms with Gasteiger partial charge in [-0.25, -0.2) is 0 Å². The van der Waals surface area contributed by atoms with Crippen molar-refractivity contribution in [3.05, 3.63) is 53.5 Å². The Kier molecular flexibility index (Phi) is 7.39. The first-order chi connectivity index (χ1) is 15.0. The summed E-state index contributed by atoms with van der Waals surface area (Å²) < 4.78 is 16.8. The Morgan fingerprint density at radius 3 is 2.52 bits per heavy atom. The Balaban J connectivity index is 2.11. The number of benzene rings is 1. The van der Waals surface area contributed by atoms with Gasteiger partial charge < -0.3 is 23.9 Å². The smallest absolute Gasteiger partial charge is 0.295 e. The largest absolute Gasteiger partial charge is 0.507 e. The van der Waals surface area contributed by atoms with Crippen molar-refractivity contribution in [1.82, 2.24) is 4.90 Å². The van der Waals surface area contributed by atoms with Gasteiger partial charge in [-0.2, -0.15) is 0 Å². The third-order valence-corrected chi connectivity index (χ3v) is 5.17. The molecule has 1 N–H and O–H groups in total. The lowest BCUT2D eigenvalue weighted by Crippen LogP contribution is -2.30. The van der Waals surface area contributed by atoms with Gasteiger partial charge in [0.25, 0.3) is 11.7 Å². The summed E-state index contributed by atoms with van der Waals surface area (Å²) in [4.78, 5) is 27.3. The number of hydrogen-bond acceptors (Lipinski definition) is 6. The number of rotatable bonds is 10. The van der Waals surface area contributed by atoms with Crippen molar-refractivity contribution < 1.29 is 28.6 Å². The molecular weight excluding hydrogens is 398 g/mol. The fourth-order valence-electron chi connectivity index (χ4n) is 3.76. The van der Waals surface area contributed by atoms with E-state index in [1.165, 1.54) is 11.2 Å². The predicted molar refractivity (Wildman–Crippen MR) is 116 cm³/mol. The summed E-state index contributed by atoms with van der Waals surface area (Å²) in [6, 6.07) is 7.62. The maximum atomic E-state index is 13.0. The molecule has 0 aliphatic carbocycles. The van der Waals surface area contributed by atoms with E-state index in [2.05, 4.69) is 6.92 Å². The van der Waals surface area contributed by atoms with Gasteiger partial charge in [0, 0.05) is 12.6 Å². The van der Waals surface area contributed by atoms with Crippen LogP contribution in [0.5, 0.6) is 11.5 Å².